The molecule has 2 N–H and O–H groups in total. The van der Waals surface area contributed by atoms with Gasteiger partial charge in [-0.05, 0) is 30.0 Å². The molecule has 0 bridgehead atoms. The highest BCUT2D eigenvalue weighted by Gasteiger charge is 2.09. The first kappa shape index (κ1) is 22.1. The molecule has 1 aromatic heterocycles. The molecule has 0 aliphatic rings. The van der Waals surface area contributed by atoms with Crippen LogP contribution in [0.3, 0.4) is 0 Å². The molecule has 1 aromatic carbocycles. The van der Waals surface area contributed by atoms with Crippen LogP contribution in [0.1, 0.15) is 36.8 Å². The number of aromatic nitrogens is 1. The van der Waals surface area contributed by atoms with Gasteiger partial charge in [-0.15, -0.1) is 24.0 Å². The largest absolute Gasteiger partial charge is 0.359 e. The molecule has 0 fully saturated rings. The van der Waals surface area contributed by atoms with E-state index in [-0.39, 0.29) is 24.0 Å². The van der Waals surface area contributed by atoms with Crippen LogP contribution in [0.15, 0.2) is 33.8 Å². The second-order valence-corrected chi connectivity index (χ2v) is 6.49. The Balaban J connectivity index is 0.00000312. The number of halogens is 3. The van der Waals surface area contributed by atoms with Crippen molar-refractivity contribution in [3.8, 4) is 0 Å². The van der Waals surface area contributed by atoms with Crippen LogP contribution in [0.5, 0.6) is 0 Å². The van der Waals surface area contributed by atoms with E-state index in [0.29, 0.717) is 41.4 Å². The summed E-state index contributed by atoms with van der Waals surface area (Å²) in [6.07, 6.45) is 0.707. The van der Waals surface area contributed by atoms with Gasteiger partial charge in [0.25, 0.3) is 0 Å². The van der Waals surface area contributed by atoms with Gasteiger partial charge in [0.05, 0.1) is 12.2 Å². The monoisotopic (exact) mass is 496 g/mol. The summed E-state index contributed by atoms with van der Waals surface area (Å²) < 4.78 is 5.30. The van der Waals surface area contributed by atoms with E-state index in [1.165, 1.54) is 0 Å². The fraction of sp³-hybridized carbons (Fsp3) is 0.412. The lowest BCUT2D eigenvalue weighted by Gasteiger charge is -2.12. The number of benzene rings is 1. The van der Waals surface area contributed by atoms with Crippen LogP contribution in [-0.4, -0.2) is 24.7 Å². The van der Waals surface area contributed by atoms with E-state index in [1.54, 1.807) is 7.05 Å². The minimum absolute atomic E-state index is 0. The smallest absolute Gasteiger partial charge is 0.191 e. The lowest BCUT2D eigenvalue weighted by atomic mass is 10.1. The topological polar surface area (TPSA) is 62.5 Å². The van der Waals surface area contributed by atoms with Gasteiger partial charge in [0.1, 0.15) is 0 Å². The normalized spacial score (nSPS) is 11.4. The molecule has 0 amide bonds. The van der Waals surface area contributed by atoms with Crippen LogP contribution in [-0.2, 0) is 13.0 Å². The van der Waals surface area contributed by atoms with Crippen LogP contribution < -0.4 is 10.6 Å². The molecule has 0 saturated heterocycles. The molecule has 8 heteroatoms. The molecule has 5 nitrogen and oxygen atoms in total. The van der Waals surface area contributed by atoms with Gasteiger partial charge in [-0.1, -0.05) is 48.3 Å². The fourth-order valence-corrected chi connectivity index (χ4v) is 2.74. The Morgan fingerprint density at radius 2 is 1.92 bits per heavy atom. The third kappa shape index (κ3) is 6.67. The molecule has 138 valence electrons. The minimum Gasteiger partial charge on any atom is -0.359 e. The number of rotatable bonds is 6. The van der Waals surface area contributed by atoms with Crippen LogP contribution in [0, 0.1) is 0 Å². The summed E-state index contributed by atoms with van der Waals surface area (Å²) in [5, 5.41) is 11.8. The summed E-state index contributed by atoms with van der Waals surface area (Å²) in [6, 6.07) is 7.47. The lowest BCUT2D eigenvalue weighted by Crippen LogP contribution is -2.37. The average Bonchev–Trinajstić information content (AvgIpc) is 3.02. The summed E-state index contributed by atoms with van der Waals surface area (Å²) in [4.78, 5) is 4.19. The van der Waals surface area contributed by atoms with Crippen LogP contribution >= 0.6 is 47.2 Å². The Hall–Kier alpha value is -0.990. The van der Waals surface area contributed by atoms with Crippen LogP contribution in [0.25, 0.3) is 0 Å². The number of aliphatic imine (C=N–C) groups is 1. The van der Waals surface area contributed by atoms with Crippen molar-refractivity contribution >= 4 is 53.1 Å². The SMILES string of the molecule is CN=C(NCCc1c(Cl)cccc1Cl)NCc1cc(C(C)C)no1.I. The predicted molar refractivity (Wildman–Crippen MR) is 114 cm³/mol. The maximum Gasteiger partial charge on any atom is 0.191 e. The zero-order chi connectivity index (χ0) is 17.5. The van der Waals surface area contributed by atoms with E-state index in [4.69, 9.17) is 27.7 Å². The Morgan fingerprint density at radius 3 is 2.48 bits per heavy atom. The molecule has 0 aliphatic carbocycles. The van der Waals surface area contributed by atoms with Crippen molar-refractivity contribution in [2.75, 3.05) is 13.6 Å². The Morgan fingerprint density at radius 1 is 1.24 bits per heavy atom. The van der Waals surface area contributed by atoms with Crippen molar-refractivity contribution in [1.82, 2.24) is 15.8 Å². The Labute approximate surface area is 175 Å². The molecule has 2 rings (SSSR count). The second-order valence-electron chi connectivity index (χ2n) is 5.68. The molecular weight excluding hydrogens is 474 g/mol. The maximum absolute atomic E-state index is 6.17. The standard InChI is InChI=1S/C17H22Cl2N4O.HI/c1-11(2)16-9-12(24-23-16)10-22-17(20-3)21-8-7-13-14(18)5-4-6-15(13)19;/h4-6,9,11H,7-8,10H2,1-3H3,(H2,20,21,22);1H. The summed E-state index contributed by atoms with van der Waals surface area (Å²) >= 11 is 12.3. The lowest BCUT2D eigenvalue weighted by molar-refractivity contribution is 0.372. The molecule has 0 radical (unpaired) electrons. The van der Waals surface area contributed by atoms with Crippen LogP contribution in [0.2, 0.25) is 10.0 Å². The zero-order valence-corrected chi connectivity index (χ0v) is 18.3. The Kier molecular flexibility index (Phi) is 9.60. The Bertz CT molecular complexity index is 683. The molecule has 25 heavy (non-hydrogen) atoms. The van der Waals surface area contributed by atoms with E-state index in [0.717, 1.165) is 17.0 Å². The van der Waals surface area contributed by atoms with Crippen molar-refractivity contribution in [3.63, 3.8) is 0 Å². The van der Waals surface area contributed by atoms with E-state index in [9.17, 15) is 0 Å². The van der Waals surface area contributed by atoms with Gasteiger partial charge in [-0.3, -0.25) is 4.99 Å². The van der Waals surface area contributed by atoms with E-state index in [2.05, 4.69) is 34.6 Å². The molecule has 0 atom stereocenters. The second kappa shape index (κ2) is 10.9. The molecule has 0 aliphatic heterocycles. The zero-order valence-electron chi connectivity index (χ0n) is 14.5. The quantitative estimate of drug-likeness (QED) is 0.347. The number of hydrogen-bond donors (Lipinski definition) is 2. The summed E-state index contributed by atoms with van der Waals surface area (Å²) in [6.45, 7) is 5.34. The van der Waals surface area contributed by atoms with E-state index in [1.807, 2.05) is 24.3 Å². The fourth-order valence-electron chi connectivity index (χ4n) is 2.15. The third-order valence-electron chi connectivity index (χ3n) is 3.55. The van der Waals surface area contributed by atoms with Gasteiger partial charge >= 0.3 is 0 Å². The third-order valence-corrected chi connectivity index (χ3v) is 4.26. The highest BCUT2D eigenvalue weighted by Crippen LogP contribution is 2.24. The van der Waals surface area contributed by atoms with Crippen molar-refractivity contribution in [2.45, 2.75) is 32.7 Å². The first-order valence-corrected chi connectivity index (χ1v) is 8.59. The van der Waals surface area contributed by atoms with Crippen molar-refractivity contribution in [3.05, 3.63) is 51.3 Å². The summed E-state index contributed by atoms with van der Waals surface area (Å²) in [5.74, 6) is 1.80. The molecule has 2 aromatic rings. The van der Waals surface area contributed by atoms with Gasteiger partial charge in [0.2, 0.25) is 0 Å². The van der Waals surface area contributed by atoms with Crippen molar-refractivity contribution in [2.24, 2.45) is 4.99 Å². The van der Waals surface area contributed by atoms with Crippen molar-refractivity contribution < 1.29 is 4.52 Å². The molecular formula is C17H23Cl2IN4O. The van der Waals surface area contributed by atoms with Crippen molar-refractivity contribution in [1.29, 1.82) is 0 Å². The highest BCUT2D eigenvalue weighted by molar-refractivity contribution is 14.0. The van der Waals surface area contributed by atoms with Gasteiger partial charge < -0.3 is 15.2 Å². The first-order valence-electron chi connectivity index (χ1n) is 7.84. The van der Waals surface area contributed by atoms with Gasteiger partial charge in [0.15, 0.2) is 11.7 Å². The molecule has 0 spiro atoms. The molecule has 0 unspecified atom stereocenters. The first-order chi connectivity index (χ1) is 11.5. The summed E-state index contributed by atoms with van der Waals surface area (Å²) in [5.41, 5.74) is 1.88. The minimum atomic E-state index is 0. The summed E-state index contributed by atoms with van der Waals surface area (Å²) in [7, 11) is 1.72. The molecule has 1 heterocycles. The average molecular weight is 497 g/mol. The van der Waals surface area contributed by atoms with Gasteiger partial charge in [-0.2, -0.15) is 0 Å². The number of nitrogens with one attached hydrogen (secondary N) is 2. The number of guanidine groups is 1. The van der Waals surface area contributed by atoms with Crippen LogP contribution in [0.4, 0.5) is 0 Å². The van der Waals surface area contributed by atoms with E-state index >= 15 is 0 Å². The molecule has 0 saturated carbocycles. The van der Waals surface area contributed by atoms with Gasteiger partial charge in [0, 0.05) is 29.7 Å². The number of nitrogens with zero attached hydrogens (tertiary/aromatic N) is 2. The highest BCUT2D eigenvalue weighted by atomic mass is 127. The maximum atomic E-state index is 6.17. The van der Waals surface area contributed by atoms with Gasteiger partial charge in [-0.25, -0.2) is 0 Å². The van der Waals surface area contributed by atoms with E-state index < -0.39 is 0 Å². The number of hydrogen-bond acceptors (Lipinski definition) is 3. The predicted octanol–water partition coefficient (Wildman–Crippen LogP) is 4.63.